The average Bonchev–Trinajstić information content (AvgIpc) is 2.45. The zero-order valence-electron chi connectivity index (χ0n) is 12.5. The summed E-state index contributed by atoms with van der Waals surface area (Å²) >= 11 is 0. The first-order chi connectivity index (χ1) is 10.5. The molecular weight excluding hydrogens is 284 g/mol. The van der Waals surface area contributed by atoms with Crippen LogP contribution in [-0.2, 0) is 0 Å². The number of rotatable bonds is 6. The summed E-state index contributed by atoms with van der Waals surface area (Å²) in [7, 11) is 0. The molecule has 0 saturated carbocycles. The number of benzene rings is 2. The number of carboxylic acid groups (broad SMARTS) is 1. The predicted molar refractivity (Wildman–Crippen MR) is 82.0 cm³/mol. The van der Waals surface area contributed by atoms with Crippen LogP contribution in [0.25, 0.3) is 0 Å². The fourth-order valence-corrected chi connectivity index (χ4v) is 2.05. The molecule has 0 bridgehead atoms. The standard InChI is InChI=1S/C17H18O5/c1-11-3-6-16(12(2)9-11)22-8-7-21-13-4-5-14(17(19)20)15(18)10-13/h3-6,9-10,18H,7-8H2,1-2H3,(H,19,20). The molecule has 2 aromatic carbocycles. The summed E-state index contributed by atoms with van der Waals surface area (Å²) in [6.07, 6.45) is 0. The molecule has 0 fully saturated rings. The van der Waals surface area contributed by atoms with E-state index >= 15 is 0 Å². The summed E-state index contributed by atoms with van der Waals surface area (Å²) in [5, 5.41) is 18.4. The van der Waals surface area contributed by atoms with Crippen molar-refractivity contribution in [1.29, 1.82) is 0 Å². The third kappa shape index (κ3) is 3.91. The lowest BCUT2D eigenvalue weighted by Gasteiger charge is -2.11. The molecule has 0 atom stereocenters. The Hall–Kier alpha value is -2.69. The van der Waals surface area contributed by atoms with E-state index in [9.17, 15) is 9.90 Å². The molecule has 0 radical (unpaired) electrons. The van der Waals surface area contributed by atoms with E-state index in [1.807, 2.05) is 32.0 Å². The first kappa shape index (κ1) is 15.7. The third-order valence-corrected chi connectivity index (χ3v) is 3.14. The fourth-order valence-electron chi connectivity index (χ4n) is 2.05. The van der Waals surface area contributed by atoms with Crippen molar-refractivity contribution in [3.05, 3.63) is 53.1 Å². The maximum Gasteiger partial charge on any atom is 0.339 e. The molecule has 5 nitrogen and oxygen atoms in total. The largest absolute Gasteiger partial charge is 0.507 e. The van der Waals surface area contributed by atoms with Crippen molar-refractivity contribution in [2.45, 2.75) is 13.8 Å². The predicted octanol–water partition coefficient (Wildman–Crippen LogP) is 3.17. The summed E-state index contributed by atoms with van der Waals surface area (Å²) in [4.78, 5) is 10.8. The molecule has 0 aliphatic rings. The first-order valence-corrected chi connectivity index (χ1v) is 6.86. The summed E-state index contributed by atoms with van der Waals surface area (Å²) in [6.45, 7) is 4.64. The van der Waals surface area contributed by atoms with Crippen molar-refractivity contribution in [3.8, 4) is 17.2 Å². The summed E-state index contributed by atoms with van der Waals surface area (Å²) in [5.41, 5.74) is 2.08. The smallest absolute Gasteiger partial charge is 0.339 e. The van der Waals surface area contributed by atoms with Gasteiger partial charge in [-0.3, -0.25) is 0 Å². The van der Waals surface area contributed by atoms with Crippen molar-refractivity contribution < 1.29 is 24.5 Å². The molecular formula is C17H18O5. The maximum absolute atomic E-state index is 10.8. The first-order valence-electron chi connectivity index (χ1n) is 6.86. The molecule has 0 aromatic heterocycles. The van der Waals surface area contributed by atoms with Crippen LogP contribution < -0.4 is 9.47 Å². The fraction of sp³-hybridized carbons (Fsp3) is 0.235. The zero-order valence-corrected chi connectivity index (χ0v) is 12.5. The Labute approximate surface area is 128 Å². The maximum atomic E-state index is 10.8. The Bertz CT molecular complexity index is 679. The molecule has 5 heteroatoms. The highest BCUT2D eigenvalue weighted by Gasteiger charge is 2.10. The van der Waals surface area contributed by atoms with E-state index in [2.05, 4.69) is 0 Å². The number of ether oxygens (including phenoxy) is 2. The van der Waals surface area contributed by atoms with Crippen LogP contribution in [0.15, 0.2) is 36.4 Å². The van der Waals surface area contributed by atoms with Crippen molar-refractivity contribution in [2.75, 3.05) is 13.2 Å². The van der Waals surface area contributed by atoms with E-state index < -0.39 is 5.97 Å². The van der Waals surface area contributed by atoms with Gasteiger partial charge in [0.05, 0.1) is 0 Å². The molecule has 0 spiro atoms. The van der Waals surface area contributed by atoms with E-state index in [4.69, 9.17) is 14.6 Å². The molecule has 0 aliphatic carbocycles. The summed E-state index contributed by atoms with van der Waals surface area (Å²) in [5.74, 6) is -0.299. The monoisotopic (exact) mass is 302 g/mol. The number of carbonyl (C=O) groups is 1. The van der Waals surface area contributed by atoms with E-state index in [1.54, 1.807) is 0 Å². The molecule has 2 aromatic rings. The van der Waals surface area contributed by atoms with E-state index in [-0.39, 0.29) is 11.3 Å². The van der Waals surface area contributed by atoms with Crippen LogP contribution in [0.1, 0.15) is 21.5 Å². The van der Waals surface area contributed by atoms with Gasteiger partial charge in [0.15, 0.2) is 0 Å². The highest BCUT2D eigenvalue weighted by atomic mass is 16.5. The number of carboxylic acids is 1. The lowest BCUT2D eigenvalue weighted by atomic mass is 10.1. The molecule has 22 heavy (non-hydrogen) atoms. The van der Waals surface area contributed by atoms with Gasteiger partial charge in [-0.15, -0.1) is 0 Å². The van der Waals surface area contributed by atoms with Gasteiger partial charge >= 0.3 is 5.97 Å². The molecule has 0 amide bonds. The number of aryl methyl sites for hydroxylation is 2. The Balaban J connectivity index is 1.86. The van der Waals surface area contributed by atoms with Gasteiger partial charge in [0.25, 0.3) is 0 Å². The van der Waals surface area contributed by atoms with Crippen molar-refractivity contribution in [3.63, 3.8) is 0 Å². The second kappa shape index (κ2) is 6.85. The van der Waals surface area contributed by atoms with Gasteiger partial charge in [-0.1, -0.05) is 17.7 Å². The van der Waals surface area contributed by atoms with Crippen LogP contribution in [0, 0.1) is 13.8 Å². The highest BCUT2D eigenvalue weighted by Crippen LogP contribution is 2.23. The summed E-state index contributed by atoms with van der Waals surface area (Å²) < 4.78 is 11.1. The minimum atomic E-state index is -1.18. The average molecular weight is 302 g/mol. The number of aromatic carboxylic acids is 1. The van der Waals surface area contributed by atoms with Crippen molar-refractivity contribution in [1.82, 2.24) is 0 Å². The zero-order chi connectivity index (χ0) is 16.1. The van der Waals surface area contributed by atoms with E-state index in [0.717, 1.165) is 11.3 Å². The van der Waals surface area contributed by atoms with Gasteiger partial charge in [0.2, 0.25) is 0 Å². The van der Waals surface area contributed by atoms with Crippen LogP contribution in [0.5, 0.6) is 17.2 Å². The van der Waals surface area contributed by atoms with Crippen LogP contribution in [-0.4, -0.2) is 29.4 Å². The third-order valence-electron chi connectivity index (χ3n) is 3.14. The van der Waals surface area contributed by atoms with Gasteiger partial charge in [-0.25, -0.2) is 4.79 Å². The van der Waals surface area contributed by atoms with Gasteiger partial charge in [-0.2, -0.15) is 0 Å². The summed E-state index contributed by atoms with van der Waals surface area (Å²) in [6, 6.07) is 10.0. The van der Waals surface area contributed by atoms with Gasteiger partial charge in [-0.05, 0) is 37.6 Å². The van der Waals surface area contributed by atoms with Gasteiger partial charge in [0, 0.05) is 6.07 Å². The number of phenols is 1. The van der Waals surface area contributed by atoms with Crippen molar-refractivity contribution in [2.24, 2.45) is 0 Å². The quantitative estimate of drug-likeness (QED) is 0.802. The van der Waals surface area contributed by atoms with Gasteiger partial charge in [0.1, 0.15) is 36.0 Å². The van der Waals surface area contributed by atoms with Crippen molar-refractivity contribution >= 4 is 5.97 Å². The van der Waals surface area contributed by atoms with E-state index in [0.29, 0.717) is 19.0 Å². The molecule has 0 aliphatic heterocycles. The molecule has 0 heterocycles. The minimum Gasteiger partial charge on any atom is -0.507 e. The topological polar surface area (TPSA) is 76.0 Å². The van der Waals surface area contributed by atoms with E-state index in [1.165, 1.54) is 23.8 Å². The van der Waals surface area contributed by atoms with Crippen LogP contribution in [0.3, 0.4) is 0 Å². The number of hydrogen-bond donors (Lipinski definition) is 2. The molecule has 2 rings (SSSR count). The molecule has 116 valence electrons. The lowest BCUT2D eigenvalue weighted by molar-refractivity contribution is 0.0693. The highest BCUT2D eigenvalue weighted by molar-refractivity contribution is 5.90. The number of aromatic hydroxyl groups is 1. The SMILES string of the molecule is Cc1ccc(OCCOc2ccc(C(=O)O)c(O)c2)c(C)c1. The Morgan fingerprint density at radius 2 is 1.77 bits per heavy atom. The van der Waals surface area contributed by atoms with Crippen LogP contribution >= 0.6 is 0 Å². The second-order valence-corrected chi connectivity index (χ2v) is 4.95. The Morgan fingerprint density at radius 1 is 1.05 bits per heavy atom. The second-order valence-electron chi connectivity index (χ2n) is 4.95. The Morgan fingerprint density at radius 3 is 2.41 bits per heavy atom. The number of hydrogen-bond acceptors (Lipinski definition) is 4. The molecule has 2 N–H and O–H groups in total. The normalized spacial score (nSPS) is 10.3. The lowest BCUT2D eigenvalue weighted by Crippen LogP contribution is -2.09. The Kier molecular flexibility index (Phi) is 4.88. The van der Waals surface area contributed by atoms with Crippen LogP contribution in [0.2, 0.25) is 0 Å². The molecule has 0 saturated heterocycles. The van der Waals surface area contributed by atoms with Gasteiger partial charge < -0.3 is 19.7 Å². The molecule has 0 unspecified atom stereocenters. The minimum absolute atomic E-state index is 0.154. The van der Waals surface area contributed by atoms with Crippen LogP contribution in [0.4, 0.5) is 0 Å².